The van der Waals surface area contributed by atoms with Crippen molar-refractivity contribution >= 4 is 0 Å². The lowest BCUT2D eigenvalue weighted by molar-refractivity contribution is 0.360. The lowest BCUT2D eigenvalue weighted by Gasteiger charge is -2.26. The summed E-state index contributed by atoms with van der Waals surface area (Å²) in [5.74, 6) is 4.46. The molecule has 0 N–H and O–H groups in total. The first-order valence-corrected chi connectivity index (χ1v) is 19.9. The summed E-state index contributed by atoms with van der Waals surface area (Å²) in [6.45, 7) is 4.55. The Morgan fingerprint density at radius 1 is 0.322 bits per heavy atom. The summed E-state index contributed by atoms with van der Waals surface area (Å²) in [6, 6.07) is 64.8. The Morgan fingerprint density at radius 2 is 0.797 bits per heavy atom. The number of para-hydroxylation sites is 1. The van der Waals surface area contributed by atoms with Gasteiger partial charge in [0.25, 0.3) is 0 Å². The average Bonchev–Trinajstić information content (AvgIpc) is 3.52. The molecule has 2 aliphatic rings. The van der Waals surface area contributed by atoms with Crippen LogP contribution in [0.5, 0.6) is 23.0 Å². The van der Waals surface area contributed by atoms with Gasteiger partial charge in [0.05, 0.1) is 0 Å². The topological polar surface area (TPSA) is 57.1 Å². The number of benzene rings is 8. The summed E-state index contributed by atoms with van der Waals surface area (Å²) in [5, 5.41) is 0. The van der Waals surface area contributed by atoms with Crippen LogP contribution in [0.4, 0.5) is 0 Å². The first kappa shape index (κ1) is 34.6. The van der Waals surface area contributed by atoms with Gasteiger partial charge >= 0.3 is 0 Å². The molecule has 0 amide bonds. The third-order valence-electron chi connectivity index (χ3n) is 11.7. The van der Waals surface area contributed by atoms with Gasteiger partial charge in [-0.2, -0.15) is 0 Å². The zero-order valence-corrected chi connectivity index (χ0v) is 32.6. The molecule has 0 bridgehead atoms. The molecular weight excluding hydrogens is 723 g/mol. The molecule has 11 rings (SSSR count). The van der Waals surface area contributed by atoms with E-state index in [1.165, 1.54) is 22.3 Å². The van der Waals surface area contributed by atoms with E-state index in [9.17, 15) is 0 Å². The van der Waals surface area contributed by atoms with Gasteiger partial charge in [-0.15, -0.1) is 0 Å². The minimum atomic E-state index is -0.172. The van der Waals surface area contributed by atoms with Gasteiger partial charge in [-0.25, -0.2) is 15.0 Å². The van der Waals surface area contributed by atoms with E-state index in [2.05, 4.69) is 166 Å². The Kier molecular flexibility index (Phi) is 8.09. The summed E-state index contributed by atoms with van der Waals surface area (Å²) in [4.78, 5) is 15.5. The molecule has 59 heavy (non-hydrogen) atoms. The van der Waals surface area contributed by atoms with Crippen LogP contribution in [0.25, 0.3) is 78.7 Å². The van der Waals surface area contributed by atoms with E-state index in [-0.39, 0.29) is 5.41 Å². The van der Waals surface area contributed by atoms with Gasteiger partial charge in [-0.1, -0.05) is 184 Å². The minimum absolute atomic E-state index is 0.172. The maximum atomic E-state index is 6.87. The number of nitrogens with zero attached hydrogens (tertiary/aromatic N) is 3. The van der Waals surface area contributed by atoms with Gasteiger partial charge < -0.3 is 9.47 Å². The monoisotopic (exact) mass is 759 g/mol. The summed E-state index contributed by atoms with van der Waals surface area (Å²) < 4.78 is 13.5. The van der Waals surface area contributed by atoms with Gasteiger partial charge in [0.15, 0.2) is 40.5 Å². The first-order chi connectivity index (χ1) is 29.0. The molecule has 0 fully saturated rings. The lowest BCUT2D eigenvalue weighted by Crippen LogP contribution is -2.15. The number of rotatable bonds is 6. The Hall–Kier alpha value is -7.63. The Balaban J connectivity index is 1.02. The fraction of sp³-hybridized carbons (Fsp3) is 0.0556. The van der Waals surface area contributed by atoms with Gasteiger partial charge in [0, 0.05) is 27.7 Å². The summed E-state index contributed by atoms with van der Waals surface area (Å²) in [6.07, 6.45) is 0. The zero-order chi connectivity index (χ0) is 39.5. The molecule has 0 saturated heterocycles. The van der Waals surface area contributed by atoms with Gasteiger partial charge in [0.2, 0.25) is 0 Å². The summed E-state index contributed by atoms with van der Waals surface area (Å²) in [7, 11) is 0. The van der Waals surface area contributed by atoms with Crippen LogP contribution in [0, 0.1) is 0 Å². The number of fused-ring (bicyclic) bond motifs is 5. The normalized spacial score (nSPS) is 13.0. The van der Waals surface area contributed by atoms with Crippen molar-refractivity contribution in [1.29, 1.82) is 0 Å². The molecule has 8 aromatic carbocycles. The second-order valence-electron chi connectivity index (χ2n) is 15.6. The van der Waals surface area contributed by atoms with Crippen LogP contribution in [-0.2, 0) is 5.41 Å². The molecule has 1 aromatic heterocycles. The zero-order valence-electron chi connectivity index (χ0n) is 32.6. The van der Waals surface area contributed by atoms with E-state index in [1.807, 2.05) is 36.4 Å². The molecule has 5 heteroatoms. The molecule has 5 nitrogen and oxygen atoms in total. The first-order valence-electron chi connectivity index (χ1n) is 19.9. The van der Waals surface area contributed by atoms with Crippen LogP contribution in [0.15, 0.2) is 188 Å². The molecule has 0 spiro atoms. The highest BCUT2D eigenvalue weighted by Crippen LogP contribution is 2.56. The molecule has 0 saturated carbocycles. The van der Waals surface area contributed by atoms with Gasteiger partial charge in [-0.3, -0.25) is 0 Å². The highest BCUT2D eigenvalue weighted by atomic mass is 16.6. The molecule has 280 valence electrons. The van der Waals surface area contributed by atoms with Crippen LogP contribution in [0.3, 0.4) is 0 Å². The van der Waals surface area contributed by atoms with Crippen molar-refractivity contribution in [2.45, 2.75) is 19.3 Å². The second kappa shape index (κ2) is 13.8. The van der Waals surface area contributed by atoms with Crippen LogP contribution in [-0.4, -0.2) is 15.0 Å². The number of hydrogen-bond donors (Lipinski definition) is 0. The van der Waals surface area contributed by atoms with Crippen molar-refractivity contribution < 1.29 is 9.47 Å². The number of hydrogen-bond acceptors (Lipinski definition) is 5. The van der Waals surface area contributed by atoms with E-state index in [0.717, 1.165) is 50.1 Å². The van der Waals surface area contributed by atoms with Gasteiger partial charge in [0.1, 0.15) is 0 Å². The maximum absolute atomic E-state index is 6.87. The van der Waals surface area contributed by atoms with Crippen LogP contribution in [0.2, 0.25) is 0 Å². The van der Waals surface area contributed by atoms with Crippen LogP contribution < -0.4 is 9.47 Å². The SMILES string of the molecule is CC1(C)c2ccccc2-c2cc3c(cc21)Oc1c(cccc1-c1ccccc1-c1nc(-c2ccc(-c4ccccc4)cc2)nc(-c2ccc(-c4ccccc4)cc2)n1)O3. The van der Waals surface area contributed by atoms with Crippen molar-refractivity contribution in [1.82, 2.24) is 15.0 Å². The molecule has 0 radical (unpaired) electrons. The van der Waals surface area contributed by atoms with Crippen molar-refractivity contribution in [3.8, 4) is 102 Å². The van der Waals surface area contributed by atoms with Crippen molar-refractivity contribution in [3.05, 3.63) is 199 Å². The molecule has 9 aromatic rings. The van der Waals surface area contributed by atoms with Crippen molar-refractivity contribution in [2.75, 3.05) is 0 Å². The molecule has 2 heterocycles. The fourth-order valence-electron chi connectivity index (χ4n) is 8.56. The molecule has 1 aliphatic heterocycles. The Labute approximate surface area is 343 Å². The molecule has 0 unspecified atom stereocenters. The van der Waals surface area contributed by atoms with E-state index in [1.54, 1.807) is 0 Å². The summed E-state index contributed by atoms with van der Waals surface area (Å²) >= 11 is 0. The average molecular weight is 760 g/mol. The quantitative estimate of drug-likeness (QED) is 0.169. The van der Waals surface area contributed by atoms with E-state index in [0.29, 0.717) is 40.5 Å². The highest BCUT2D eigenvalue weighted by molar-refractivity contribution is 5.88. The third-order valence-corrected chi connectivity index (χ3v) is 11.7. The minimum Gasteiger partial charge on any atom is -0.449 e. The van der Waals surface area contributed by atoms with Crippen LogP contribution in [0.1, 0.15) is 25.0 Å². The predicted octanol–water partition coefficient (Wildman–Crippen LogP) is 14.1. The third kappa shape index (κ3) is 5.98. The largest absolute Gasteiger partial charge is 0.449 e. The fourth-order valence-corrected chi connectivity index (χ4v) is 8.56. The van der Waals surface area contributed by atoms with Gasteiger partial charge in [-0.05, 0) is 68.3 Å². The second-order valence-corrected chi connectivity index (χ2v) is 15.6. The smallest absolute Gasteiger partial charge is 0.177 e. The molecular formula is C54H37N3O2. The summed E-state index contributed by atoms with van der Waals surface area (Å²) in [5.41, 5.74) is 13.8. The Morgan fingerprint density at radius 3 is 1.42 bits per heavy atom. The van der Waals surface area contributed by atoms with E-state index >= 15 is 0 Å². The Bertz CT molecular complexity index is 2950. The van der Waals surface area contributed by atoms with Crippen LogP contribution >= 0.6 is 0 Å². The number of aromatic nitrogens is 3. The maximum Gasteiger partial charge on any atom is 0.177 e. The predicted molar refractivity (Wildman–Crippen MR) is 237 cm³/mol. The lowest BCUT2D eigenvalue weighted by atomic mass is 9.82. The standard InChI is InChI=1S/C54H37N3O2/c1-54(2)45-22-12-11-19-41(45)44-32-48-49(33-46(44)54)59-50-42(21-13-23-47(50)58-48)40-18-9-10-20-43(40)53-56-51(38-28-24-36(25-29-38)34-14-5-3-6-15-34)55-52(57-53)39-30-26-37(27-31-39)35-16-7-4-8-17-35/h3-33H,1-2H3. The van der Waals surface area contributed by atoms with E-state index < -0.39 is 0 Å². The van der Waals surface area contributed by atoms with Crippen molar-refractivity contribution in [2.24, 2.45) is 0 Å². The highest BCUT2D eigenvalue weighted by Gasteiger charge is 2.37. The van der Waals surface area contributed by atoms with E-state index in [4.69, 9.17) is 24.4 Å². The molecule has 1 aliphatic carbocycles. The number of ether oxygens (including phenoxy) is 2. The molecule has 0 atom stereocenters. The van der Waals surface area contributed by atoms with Crippen molar-refractivity contribution in [3.63, 3.8) is 0 Å².